The average Bonchev–Trinajstić information content (AvgIpc) is 3.40. The lowest BCUT2D eigenvalue weighted by Crippen LogP contribution is -2.48. The van der Waals surface area contributed by atoms with Crippen molar-refractivity contribution in [1.82, 2.24) is 14.7 Å². The average molecular weight is 559 g/mol. The number of hydrogen-bond donors (Lipinski definition) is 1. The molecule has 1 fully saturated rings. The van der Waals surface area contributed by atoms with Crippen LogP contribution in [0.15, 0.2) is 83.3 Å². The Morgan fingerprint density at radius 2 is 1.66 bits per heavy atom. The third-order valence-corrected chi connectivity index (χ3v) is 7.22. The van der Waals surface area contributed by atoms with Crippen LogP contribution in [-0.4, -0.2) is 72.6 Å². The maximum Gasteiger partial charge on any atom is 0.322 e. The Kier molecular flexibility index (Phi) is 9.28. The van der Waals surface area contributed by atoms with Crippen LogP contribution in [0.5, 0.6) is 0 Å². The number of anilines is 1. The van der Waals surface area contributed by atoms with Crippen molar-refractivity contribution < 1.29 is 23.1 Å². The highest BCUT2D eigenvalue weighted by molar-refractivity contribution is 6.02. The Morgan fingerprint density at radius 3 is 2.41 bits per heavy atom. The number of nitrogens with one attached hydrogen (secondary N) is 1. The molecule has 41 heavy (non-hydrogen) atoms. The first-order valence-electron chi connectivity index (χ1n) is 13.9. The Hall–Kier alpha value is -4.21. The number of benzene rings is 3. The van der Waals surface area contributed by atoms with E-state index in [1.165, 1.54) is 12.1 Å². The number of ether oxygens (including phenoxy) is 1. The summed E-state index contributed by atoms with van der Waals surface area (Å²) in [6.07, 6.45) is 0. The lowest BCUT2D eigenvalue weighted by Gasteiger charge is -2.31. The number of carbonyl (C=O) groups excluding carboxylic acids is 2. The highest BCUT2D eigenvalue weighted by Crippen LogP contribution is 2.23. The number of amides is 3. The molecule has 1 aliphatic heterocycles. The van der Waals surface area contributed by atoms with Crippen LogP contribution in [-0.2, 0) is 22.6 Å². The number of carbonyl (C=O) groups is 2. The summed E-state index contributed by atoms with van der Waals surface area (Å²) in [6, 6.07) is 23.0. The van der Waals surface area contributed by atoms with Gasteiger partial charge in [-0.1, -0.05) is 48.5 Å². The molecule has 2 heterocycles. The fourth-order valence-electron chi connectivity index (χ4n) is 4.93. The number of urea groups is 1. The quantitative estimate of drug-likeness (QED) is 0.287. The summed E-state index contributed by atoms with van der Waals surface area (Å²) in [4.78, 5) is 32.9. The zero-order chi connectivity index (χ0) is 28.6. The van der Waals surface area contributed by atoms with E-state index in [1.807, 2.05) is 61.5 Å². The van der Waals surface area contributed by atoms with E-state index in [-0.39, 0.29) is 37.4 Å². The summed E-state index contributed by atoms with van der Waals surface area (Å²) in [6.45, 7) is 6.05. The smallest absolute Gasteiger partial charge is 0.322 e. The van der Waals surface area contributed by atoms with Crippen molar-refractivity contribution in [3.05, 3.63) is 102 Å². The van der Waals surface area contributed by atoms with E-state index in [9.17, 15) is 14.0 Å². The molecule has 3 aromatic carbocycles. The number of nitrogens with zero attached hydrogens (tertiary/aromatic N) is 3. The monoisotopic (exact) mass is 558 g/mol. The Bertz CT molecular complexity index is 1460. The van der Waals surface area contributed by atoms with Crippen LogP contribution >= 0.6 is 0 Å². The van der Waals surface area contributed by atoms with E-state index in [0.717, 1.165) is 35.2 Å². The van der Waals surface area contributed by atoms with Gasteiger partial charge in [0, 0.05) is 38.1 Å². The number of hydrogen-bond acceptors (Lipinski definition) is 5. The molecule has 0 spiro atoms. The first kappa shape index (κ1) is 28.3. The Morgan fingerprint density at radius 1 is 0.902 bits per heavy atom. The Labute approximate surface area is 239 Å². The van der Waals surface area contributed by atoms with Gasteiger partial charge >= 0.3 is 6.03 Å². The fraction of sp³-hybridized carbons (Fsp3) is 0.312. The van der Waals surface area contributed by atoms with E-state index in [2.05, 4.69) is 10.2 Å². The maximum atomic E-state index is 13.8. The van der Waals surface area contributed by atoms with Crippen molar-refractivity contribution in [2.75, 3.05) is 51.3 Å². The molecule has 1 aliphatic rings. The largest absolute Gasteiger partial charge is 0.464 e. The van der Waals surface area contributed by atoms with Gasteiger partial charge in [-0.3, -0.25) is 9.69 Å². The third-order valence-electron chi connectivity index (χ3n) is 7.22. The molecule has 0 bridgehead atoms. The highest BCUT2D eigenvalue weighted by Gasteiger charge is 2.24. The molecular formula is C32H35FN4O4. The van der Waals surface area contributed by atoms with E-state index in [0.29, 0.717) is 37.8 Å². The minimum Gasteiger partial charge on any atom is -0.464 e. The number of morpholine rings is 1. The second-order valence-electron chi connectivity index (χ2n) is 10.2. The van der Waals surface area contributed by atoms with Gasteiger partial charge in [-0.05, 0) is 48.2 Å². The molecule has 0 aliphatic carbocycles. The number of furan rings is 1. The molecule has 0 atom stereocenters. The van der Waals surface area contributed by atoms with E-state index in [4.69, 9.17) is 9.15 Å². The van der Waals surface area contributed by atoms with Crippen molar-refractivity contribution in [3.8, 4) is 0 Å². The summed E-state index contributed by atoms with van der Waals surface area (Å²) in [5.74, 6) is 0.805. The first-order valence-corrected chi connectivity index (χ1v) is 13.9. The molecule has 1 saturated heterocycles. The normalized spacial score (nSPS) is 13.7. The van der Waals surface area contributed by atoms with Gasteiger partial charge in [-0.15, -0.1) is 0 Å². The molecule has 9 heteroatoms. The third kappa shape index (κ3) is 7.71. The number of rotatable bonds is 10. The van der Waals surface area contributed by atoms with Crippen molar-refractivity contribution in [2.24, 2.45) is 0 Å². The van der Waals surface area contributed by atoms with Crippen molar-refractivity contribution >= 4 is 28.4 Å². The fourth-order valence-corrected chi connectivity index (χ4v) is 4.93. The molecule has 214 valence electrons. The molecule has 3 amide bonds. The van der Waals surface area contributed by atoms with Gasteiger partial charge in [-0.25, -0.2) is 9.18 Å². The molecule has 0 saturated carbocycles. The van der Waals surface area contributed by atoms with Gasteiger partial charge in [0.15, 0.2) is 0 Å². The van der Waals surface area contributed by atoms with Gasteiger partial charge in [0.05, 0.1) is 25.4 Å². The van der Waals surface area contributed by atoms with Crippen LogP contribution < -0.4 is 5.32 Å². The molecule has 4 aromatic rings. The predicted octanol–water partition coefficient (Wildman–Crippen LogP) is 5.28. The second-order valence-corrected chi connectivity index (χ2v) is 10.2. The number of halogens is 1. The van der Waals surface area contributed by atoms with E-state index in [1.54, 1.807) is 21.9 Å². The van der Waals surface area contributed by atoms with Crippen LogP contribution in [0, 0.1) is 12.7 Å². The van der Waals surface area contributed by atoms with Crippen LogP contribution in [0.4, 0.5) is 14.9 Å². The van der Waals surface area contributed by atoms with Gasteiger partial charge < -0.3 is 24.3 Å². The van der Waals surface area contributed by atoms with Crippen LogP contribution in [0.25, 0.3) is 10.8 Å². The van der Waals surface area contributed by atoms with Gasteiger partial charge in [0.25, 0.3) is 0 Å². The second kappa shape index (κ2) is 13.4. The van der Waals surface area contributed by atoms with E-state index >= 15 is 0 Å². The molecule has 0 unspecified atom stereocenters. The standard InChI is InChI=1S/C32H35FN4O4/c1-24-9-14-28(41-24)22-37(21-25-10-12-27(33)13-11-25)31(38)23-36(16-15-35-17-19-40-20-18-35)32(39)34-30-8-4-6-26-5-2-3-7-29(26)30/h2-14H,15-23H2,1H3,(H,34,39). The Balaban J connectivity index is 1.36. The molecular weight excluding hydrogens is 523 g/mol. The van der Waals surface area contributed by atoms with Crippen LogP contribution in [0.1, 0.15) is 17.1 Å². The van der Waals surface area contributed by atoms with Crippen molar-refractivity contribution in [1.29, 1.82) is 0 Å². The zero-order valence-electron chi connectivity index (χ0n) is 23.2. The number of aryl methyl sites for hydroxylation is 1. The topological polar surface area (TPSA) is 78.3 Å². The lowest BCUT2D eigenvalue weighted by atomic mass is 10.1. The van der Waals surface area contributed by atoms with Gasteiger partial charge in [0.2, 0.25) is 5.91 Å². The minimum atomic E-state index is -0.349. The van der Waals surface area contributed by atoms with Gasteiger partial charge in [-0.2, -0.15) is 0 Å². The predicted molar refractivity (Wildman–Crippen MR) is 156 cm³/mol. The van der Waals surface area contributed by atoms with Gasteiger partial charge in [0.1, 0.15) is 23.9 Å². The summed E-state index contributed by atoms with van der Waals surface area (Å²) >= 11 is 0. The van der Waals surface area contributed by atoms with E-state index < -0.39 is 0 Å². The first-order chi connectivity index (χ1) is 19.9. The summed E-state index contributed by atoms with van der Waals surface area (Å²) in [5, 5.41) is 4.98. The molecule has 0 radical (unpaired) electrons. The summed E-state index contributed by atoms with van der Waals surface area (Å²) in [7, 11) is 0. The van der Waals surface area contributed by atoms with Crippen molar-refractivity contribution in [2.45, 2.75) is 20.0 Å². The molecule has 1 N–H and O–H groups in total. The SMILES string of the molecule is Cc1ccc(CN(Cc2ccc(F)cc2)C(=O)CN(CCN2CCOCC2)C(=O)Nc2cccc3ccccc23)o1. The summed E-state index contributed by atoms with van der Waals surface area (Å²) in [5.41, 5.74) is 1.47. The van der Waals surface area contributed by atoms with Crippen LogP contribution in [0.3, 0.4) is 0 Å². The lowest BCUT2D eigenvalue weighted by molar-refractivity contribution is -0.133. The molecule has 5 rings (SSSR count). The highest BCUT2D eigenvalue weighted by atomic mass is 19.1. The maximum absolute atomic E-state index is 13.8. The summed E-state index contributed by atoms with van der Waals surface area (Å²) < 4.78 is 24.8. The zero-order valence-corrected chi connectivity index (χ0v) is 23.2. The molecule has 8 nitrogen and oxygen atoms in total. The minimum absolute atomic E-state index is 0.123. The van der Waals surface area contributed by atoms with Crippen molar-refractivity contribution in [3.63, 3.8) is 0 Å². The molecule has 1 aromatic heterocycles. The van der Waals surface area contributed by atoms with Crippen LogP contribution in [0.2, 0.25) is 0 Å². The number of fused-ring (bicyclic) bond motifs is 1.